The van der Waals surface area contributed by atoms with Gasteiger partial charge in [0.1, 0.15) is 11.5 Å². The number of ether oxygens (including phenoxy) is 1. The van der Waals surface area contributed by atoms with Crippen LogP contribution in [-0.4, -0.2) is 12.4 Å². The lowest BCUT2D eigenvalue weighted by atomic mass is 10.0. The van der Waals surface area contributed by atoms with E-state index in [1.54, 1.807) is 18.2 Å². The Bertz CT molecular complexity index is 437. The summed E-state index contributed by atoms with van der Waals surface area (Å²) >= 11 is 3.26. The smallest absolute Gasteiger partial charge is 0.147 e. The lowest BCUT2D eigenvalue weighted by Crippen LogP contribution is -2.04. The standard InChI is InChI=1S/C12H12BrNO2/c1-3-16-10-4-5-11(9(6-10)7-14)12(13)8(2)15/h4-6,12H,3H2,1-2H3. The Hall–Kier alpha value is -1.34. The fourth-order valence-corrected chi connectivity index (χ4v) is 1.73. The fourth-order valence-electron chi connectivity index (χ4n) is 1.33. The summed E-state index contributed by atoms with van der Waals surface area (Å²) in [6.45, 7) is 3.91. The molecular formula is C12H12BrNO2. The van der Waals surface area contributed by atoms with Gasteiger partial charge in [-0.05, 0) is 31.5 Å². The molecule has 0 amide bonds. The van der Waals surface area contributed by atoms with Gasteiger partial charge in [-0.3, -0.25) is 4.79 Å². The molecule has 0 radical (unpaired) electrons. The highest BCUT2D eigenvalue weighted by Crippen LogP contribution is 2.29. The molecule has 0 aliphatic carbocycles. The second kappa shape index (κ2) is 5.66. The maximum Gasteiger partial charge on any atom is 0.147 e. The number of rotatable bonds is 4. The molecule has 0 spiro atoms. The highest BCUT2D eigenvalue weighted by molar-refractivity contribution is 9.09. The zero-order chi connectivity index (χ0) is 12.1. The number of hydrogen-bond donors (Lipinski definition) is 0. The first-order valence-electron chi connectivity index (χ1n) is 4.91. The second-order valence-corrected chi connectivity index (χ2v) is 4.18. The zero-order valence-corrected chi connectivity index (χ0v) is 10.7. The number of nitriles is 1. The maximum atomic E-state index is 11.2. The van der Waals surface area contributed by atoms with Gasteiger partial charge in [0.05, 0.1) is 23.1 Å². The van der Waals surface area contributed by atoms with Gasteiger partial charge < -0.3 is 4.74 Å². The van der Waals surface area contributed by atoms with E-state index < -0.39 is 4.83 Å². The second-order valence-electron chi connectivity index (χ2n) is 3.27. The highest BCUT2D eigenvalue weighted by atomic mass is 79.9. The minimum Gasteiger partial charge on any atom is -0.494 e. The molecular weight excluding hydrogens is 270 g/mol. The van der Waals surface area contributed by atoms with E-state index in [1.807, 2.05) is 6.92 Å². The van der Waals surface area contributed by atoms with Gasteiger partial charge in [0.25, 0.3) is 0 Å². The van der Waals surface area contributed by atoms with E-state index in [0.29, 0.717) is 23.5 Å². The molecule has 0 aliphatic rings. The van der Waals surface area contributed by atoms with Gasteiger partial charge in [-0.2, -0.15) is 5.26 Å². The number of halogens is 1. The first-order valence-corrected chi connectivity index (χ1v) is 5.83. The first kappa shape index (κ1) is 12.7. The van der Waals surface area contributed by atoms with Crippen LogP contribution in [-0.2, 0) is 4.79 Å². The van der Waals surface area contributed by atoms with E-state index in [-0.39, 0.29) is 5.78 Å². The number of nitrogens with zero attached hydrogens (tertiary/aromatic N) is 1. The number of carbonyl (C=O) groups is 1. The van der Waals surface area contributed by atoms with Gasteiger partial charge >= 0.3 is 0 Å². The predicted molar refractivity (Wildman–Crippen MR) is 64.7 cm³/mol. The molecule has 0 saturated carbocycles. The first-order chi connectivity index (χ1) is 7.60. The molecule has 16 heavy (non-hydrogen) atoms. The highest BCUT2D eigenvalue weighted by Gasteiger charge is 2.17. The molecule has 0 heterocycles. The number of hydrogen-bond acceptors (Lipinski definition) is 3. The van der Waals surface area contributed by atoms with Crippen molar-refractivity contribution in [3.63, 3.8) is 0 Å². The summed E-state index contributed by atoms with van der Waals surface area (Å²) < 4.78 is 5.29. The van der Waals surface area contributed by atoms with Gasteiger partial charge in [-0.15, -0.1) is 0 Å². The van der Waals surface area contributed by atoms with Gasteiger partial charge in [0.2, 0.25) is 0 Å². The lowest BCUT2D eigenvalue weighted by Gasteiger charge is -2.10. The molecule has 1 unspecified atom stereocenters. The molecule has 1 aromatic rings. The van der Waals surface area contributed by atoms with Crippen LogP contribution in [0.15, 0.2) is 18.2 Å². The van der Waals surface area contributed by atoms with Crippen LogP contribution in [0, 0.1) is 11.3 Å². The average molecular weight is 282 g/mol. The molecule has 0 saturated heterocycles. The van der Waals surface area contributed by atoms with Crippen LogP contribution in [0.2, 0.25) is 0 Å². The molecule has 0 aromatic heterocycles. The minimum atomic E-state index is -0.433. The lowest BCUT2D eigenvalue weighted by molar-refractivity contribution is -0.116. The molecule has 1 atom stereocenters. The van der Waals surface area contributed by atoms with E-state index in [9.17, 15) is 4.79 Å². The van der Waals surface area contributed by atoms with Crippen LogP contribution in [0.5, 0.6) is 5.75 Å². The van der Waals surface area contributed by atoms with Crippen molar-refractivity contribution in [1.82, 2.24) is 0 Å². The largest absolute Gasteiger partial charge is 0.494 e. The number of Topliss-reactive ketones (excluding diaryl/α,β-unsaturated/α-hetero) is 1. The molecule has 0 bridgehead atoms. The van der Waals surface area contributed by atoms with E-state index in [4.69, 9.17) is 10.00 Å². The van der Waals surface area contributed by atoms with E-state index in [0.717, 1.165) is 0 Å². The maximum absolute atomic E-state index is 11.2. The third-order valence-corrected chi connectivity index (χ3v) is 3.22. The molecule has 1 rings (SSSR count). The molecule has 0 aliphatic heterocycles. The molecule has 1 aromatic carbocycles. The summed E-state index contributed by atoms with van der Waals surface area (Å²) in [5.41, 5.74) is 1.14. The normalized spacial score (nSPS) is 11.6. The average Bonchev–Trinajstić information content (AvgIpc) is 2.28. The van der Waals surface area contributed by atoms with Crippen molar-refractivity contribution in [3.8, 4) is 11.8 Å². The van der Waals surface area contributed by atoms with Crippen LogP contribution in [0.3, 0.4) is 0 Å². The molecule has 0 fully saturated rings. The molecule has 3 nitrogen and oxygen atoms in total. The van der Waals surface area contributed by atoms with E-state index >= 15 is 0 Å². The fraction of sp³-hybridized carbons (Fsp3) is 0.333. The van der Waals surface area contributed by atoms with Crippen molar-refractivity contribution in [1.29, 1.82) is 5.26 Å². The summed E-state index contributed by atoms with van der Waals surface area (Å²) in [5.74, 6) is 0.617. The Balaban J connectivity index is 3.12. The Labute approximate surface area is 103 Å². The predicted octanol–water partition coefficient (Wildman–Crippen LogP) is 2.98. The van der Waals surface area contributed by atoms with Crippen molar-refractivity contribution in [3.05, 3.63) is 29.3 Å². The van der Waals surface area contributed by atoms with Crippen LogP contribution in [0.4, 0.5) is 0 Å². The van der Waals surface area contributed by atoms with Gasteiger partial charge in [-0.25, -0.2) is 0 Å². The van der Waals surface area contributed by atoms with Crippen molar-refractivity contribution in [2.75, 3.05) is 6.61 Å². The van der Waals surface area contributed by atoms with Crippen molar-refractivity contribution < 1.29 is 9.53 Å². The minimum absolute atomic E-state index is 0.0272. The Morgan fingerprint density at radius 2 is 2.31 bits per heavy atom. The summed E-state index contributed by atoms with van der Waals surface area (Å²) in [6, 6.07) is 7.22. The van der Waals surface area contributed by atoms with Gasteiger partial charge in [0.15, 0.2) is 0 Å². The van der Waals surface area contributed by atoms with E-state index in [2.05, 4.69) is 22.0 Å². The topological polar surface area (TPSA) is 50.1 Å². The van der Waals surface area contributed by atoms with Gasteiger partial charge in [0, 0.05) is 0 Å². The third-order valence-electron chi connectivity index (χ3n) is 2.09. The molecule has 84 valence electrons. The Morgan fingerprint density at radius 1 is 1.62 bits per heavy atom. The summed E-state index contributed by atoms with van der Waals surface area (Å²) in [4.78, 5) is 10.8. The summed E-state index contributed by atoms with van der Waals surface area (Å²) in [7, 11) is 0. The quantitative estimate of drug-likeness (QED) is 0.798. The Kier molecular flexibility index (Phi) is 4.51. The third kappa shape index (κ3) is 2.83. The summed E-state index contributed by atoms with van der Waals surface area (Å²) in [5, 5.41) is 9.00. The van der Waals surface area contributed by atoms with Crippen molar-refractivity contribution in [2.24, 2.45) is 0 Å². The SMILES string of the molecule is CCOc1ccc(C(Br)C(C)=O)c(C#N)c1. The molecule has 4 heteroatoms. The monoisotopic (exact) mass is 281 g/mol. The number of benzene rings is 1. The van der Waals surface area contributed by atoms with Crippen molar-refractivity contribution in [2.45, 2.75) is 18.7 Å². The van der Waals surface area contributed by atoms with E-state index in [1.165, 1.54) is 6.92 Å². The zero-order valence-electron chi connectivity index (χ0n) is 9.16. The van der Waals surface area contributed by atoms with Crippen LogP contribution >= 0.6 is 15.9 Å². The van der Waals surface area contributed by atoms with Crippen LogP contribution in [0.1, 0.15) is 29.8 Å². The summed E-state index contributed by atoms with van der Waals surface area (Å²) in [6.07, 6.45) is 0. The molecule has 0 N–H and O–H groups in total. The number of alkyl halides is 1. The Morgan fingerprint density at radius 3 is 2.81 bits per heavy atom. The number of carbonyl (C=O) groups excluding carboxylic acids is 1. The number of ketones is 1. The van der Waals surface area contributed by atoms with Crippen molar-refractivity contribution >= 4 is 21.7 Å². The van der Waals surface area contributed by atoms with Crippen LogP contribution < -0.4 is 4.74 Å². The van der Waals surface area contributed by atoms with Crippen LogP contribution in [0.25, 0.3) is 0 Å². The van der Waals surface area contributed by atoms with Gasteiger partial charge in [-0.1, -0.05) is 22.0 Å².